The molecule has 2 aromatic heterocycles. The molecule has 1 N–H and O–H groups in total. The molecule has 30 heavy (non-hydrogen) atoms. The Kier molecular flexibility index (Phi) is 5.45. The number of carbonyl (C=O) groups excluding carboxylic acids is 1. The van der Waals surface area contributed by atoms with E-state index in [0.717, 1.165) is 34.5 Å². The summed E-state index contributed by atoms with van der Waals surface area (Å²) >= 11 is 0. The van der Waals surface area contributed by atoms with Crippen molar-refractivity contribution in [1.82, 2.24) is 25.4 Å². The van der Waals surface area contributed by atoms with Gasteiger partial charge in [-0.2, -0.15) is 23.4 Å². The largest absolute Gasteiger partial charge is 0.416 e. The van der Waals surface area contributed by atoms with Gasteiger partial charge in [0.1, 0.15) is 0 Å². The highest BCUT2D eigenvalue weighted by Gasteiger charge is 2.30. The number of carbonyl (C=O) groups is 1. The molecule has 0 saturated carbocycles. The van der Waals surface area contributed by atoms with Crippen molar-refractivity contribution in [3.8, 4) is 0 Å². The number of hydrogen-bond donors (Lipinski definition) is 1. The first kappa shape index (κ1) is 20.0. The number of nitrogens with zero attached hydrogens (tertiary/aromatic N) is 4. The summed E-state index contributed by atoms with van der Waals surface area (Å²) < 4.78 is 38.1. The molecular weight excluding hydrogens is 395 g/mol. The van der Waals surface area contributed by atoms with Gasteiger partial charge in [-0.25, -0.2) is 0 Å². The second kappa shape index (κ2) is 8.19. The minimum absolute atomic E-state index is 0.233. The van der Waals surface area contributed by atoms with Crippen LogP contribution in [0.15, 0.2) is 55.0 Å². The van der Waals surface area contributed by atoms with Crippen molar-refractivity contribution < 1.29 is 18.0 Å². The van der Waals surface area contributed by atoms with Gasteiger partial charge < -0.3 is 5.32 Å². The predicted molar refractivity (Wildman–Crippen MR) is 102 cm³/mol. The molecule has 6 nitrogen and oxygen atoms in total. The molecule has 1 aromatic carbocycles. The van der Waals surface area contributed by atoms with E-state index in [4.69, 9.17) is 0 Å². The topological polar surface area (TPSA) is 71.0 Å². The lowest BCUT2D eigenvalue weighted by Gasteiger charge is -2.15. The van der Waals surface area contributed by atoms with Crippen molar-refractivity contribution in [2.24, 2.45) is 0 Å². The number of pyridine rings is 1. The van der Waals surface area contributed by atoms with Gasteiger partial charge in [0.2, 0.25) is 0 Å². The van der Waals surface area contributed by atoms with Crippen LogP contribution in [0.4, 0.5) is 13.2 Å². The maximum atomic E-state index is 12.7. The smallest absolute Gasteiger partial charge is 0.348 e. The van der Waals surface area contributed by atoms with Gasteiger partial charge in [0.15, 0.2) is 0 Å². The molecule has 0 spiro atoms. The summed E-state index contributed by atoms with van der Waals surface area (Å²) in [6.07, 6.45) is 0.349. The SMILES string of the molecule is O=C(NCc1ccnnc1)c1cnc2c(c1)CN(Cc1ccc(C(F)(F)F)cc1)C2. The Balaban J connectivity index is 1.37. The average molecular weight is 413 g/mol. The molecule has 3 heterocycles. The van der Waals surface area contributed by atoms with Crippen LogP contribution in [0, 0.1) is 0 Å². The van der Waals surface area contributed by atoms with Crippen molar-refractivity contribution >= 4 is 5.91 Å². The van der Waals surface area contributed by atoms with Crippen LogP contribution >= 0.6 is 0 Å². The molecule has 9 heteroatoms. The molecule has 154 valence electrons. The Labute approximate surface area is 170 Å². The third-order valence-corrected chi connectivity index (χ3v) is 4.88. The third-order valence-electron chi connectivity index (χ3n) is 4.88. The summed E-state index contributed by atoms with van der Waals surface area (Å²) in [7, 11) is 0. The lowest BCUT2D eigenvalue weighted by atomic mass is 10.1. The van der Waals surface area contributed by atoms with Crippen molar-refractivity contribution in [2.45, 2.75) is 32.4 Å². The van der Waals surface area contributed by atoms with Gasteiger partial charge in [-0.05, 0) is 41.0 Å². The molecule has 0 atom stereocenters. The van der Waals surface area contributed by atoms with Crippen molar-refractivity contribution in [3.63, 3.8) is 0 Å². The van der Waals surface area contributed by atoms with Gasteiger partial charge in [0, 0.05) is 38.6 Å². The number of alkyl halides is 3. The van der Waals surface area contributed by atoms with Gasteiger partial charge in [-0.3, -0.25) is 14.7 Å². The highest BCUT2D eigenvalue weighted by atomic mass is 19.4. The molecule has 0 aliphatic carbocycles. The van der Waals surface area contributed by atoms with Crippen molar-refractivity contribution in [1.29, 1.82) is 0 Å². The fourth-order valence-electron chi connectivity index (χ4n) is 3.33. The van der Waals surface area contributed by atoms with Crippen LogP contribution in [0.1, 0.15) is 38.3 Å². The van der Waals surface area contributed by atoms with Gasteiger partial charge in [0.25, 0.3) is 5.91 Å². The summed E-state index contributed by atoms with van der Waals surface area (Å²) in [4.78, 5) is 18.9. The van der Waals surface area contributed by atoms with Crippen LogP contribution in [0.5, 0.6) is 0 Å². The van der Waals surface area contributed by atoms with E-state index in [0.29, 0.717) is 31.7 Å². The van der Waals surface area contributed by atoms with Crippen LogP contribution in [0.25, 0.3) is 0 Å². The van der Waals surface area contributed by atoms with Gasteiger partial charge in [-0.15, -0.1) is 0 Å². The first-order valence-corrected chi connectivity index (χ1v) is 9.28. The zero-order chi connectivity index (χ0) is 21.1. The molecule has 1 aliphatic rings. The van der Waals surface area contributed by atoms with E-state index in [-0.39, 0.29) is 5.91 Å². The van der Waals surface area contributed by atoms with Crippen LogP contribution in [0.3, 0.4) is 0 Å². The number of benzene rings is 1. The maximum Gasteiger partial charge on any atom is 0.416 e. The molecule has 1 amide bonds. The third kappa shape index (κ3) is 4.62. The molecule has 1 aliphatic heterocycles. The summed E-state index contributed by atoms with van der Waals surface area (Å²) in [6.45, 7) is 2.01. The van der Waals surface area contributed by atoms with E-state index in [2.05, 4.69) is 25.4 Å². The predicted octanol–water partition coefficient (Wildman–Crippen LogP) is 3.34. The fraction of sp³-hybridized carbons (Fsp3) is 0.238. The molecule has 0 fully saturated rings. The Bertz CT molecular complexity index is 1040. The normalized spacial score (nSPS) is 13.8. The number of halogens is 3. The average Bonchev–Trinajstić information content (AvgIpc) is 3.14. The van der Waals surface area contributed by atoms with E-state index in [9.17, 15) is 18.0 Å². The number of amides is 1. The number of aromatic nitrogens is 3. The molecule has 0 radical (unpaired) electrons. The number of fused-ring (bicyclic) bond motifs is 1. The molecule has 4 rings (SSSR count). The van der Waals surface area contributed by atoms with Crippen LogP contribution < -0.4 is 5.32 Å². The van der Waals surface area contributed by atoms with E-state index in [1.807, 2.05) is 6.07 Å². The minimum Gasteiger partial charge on any atom is -0.348 e. The van der Waals surface area contributed by atoms with Gasteiger partial charge in [-0.1, -0.05) is 12.1 Å². The maximum absolute atomic E-state index is 12.7. The van der Waals surface area contributed by atoms with Gasteiger partial charge >= 0.3 is 6.18 Å². The summed E-state index contributed by atoms with van der Waals surface area (Å²) in [5.74, 6) is -0.233. The first-order chi connectivity index (χ1) is 14.4. The van der Waals surface area contributed by atoms with Gasteiger partial charge in [0.05, 0.1) is 23.0 Å². The fourth-order valence-corrected chi connectivity index (χ4v) is 3.33. The summed E-state index contributed by atoms with van der Waals surface area (Å²) in [5, 5.41) is 10.3. The molecular formula is C21H18F3N5O. The zero-order valence-electron chi connectivity index (χ0n) is 15.9. The monoisotopic (exact) mass is 413 g/mol. The molecule has 0 bridgehead atoms. The molecule has 3 aromatic rings. The summed E-state index contributed by atoms with van der Waals surface area (Å²) in [5.41, 5.74) is 3.26. The Hall–Kier alpha value is -3.33. The Morgan fingerprint density at radius 2 is 1.83 bits per heavy atom. The van der Waals surface area contributed by atoms with Crippen LogP contribution in [0.2, 0.25) is 0 Å². The first-order valence-electron chi connectivity index (χ1n) is 9.28. The van der Waals surface area contributed by atoms with E-state index in [1.165, 1.54) is 12.1 Å². The number of hydrogen-bond acceptors (Lipinski definition) is 5. The van der Waals surface area contributed by atoms with Crippen LogP contribution in [-0.2, 0) is 32.4 Å². The van der Waals surface area contributed by atoms with Crippen molar-refractivity contribution in [2.75, 3.05) is 0 Å². The quantitative estimate of drug-likeness (QED) is 0.695. The Morgan fingerprint density at radius 1 is 1.03 bits per heavy atom. The van der Waals surface area contributed by atoms with E-state index in [1.54, 1.807) is 24.7 Å². The standard InChI is InChI=1S/C21H18F3N5O/c22-21(23,24)18-3-1-14(2-4-18)11-29-12-17-7-16(10-25-19(17)13-29)20(30)26-8-15-5-6-27-28-9-15/h1-7,9-10H,8,11-13H2,(H,26,30). The lowest BCUT2D eigenvalue weighted by molar-refractivity contribution is -0.137. The minimum atomic E-state index is -4.34. The number of rotatable bonds is 5. The van der Waals surface area contributed by atoms with Crippen LogP contribution in [-0.4, -0.2) is 26.0 Å². The van der Waals surface area contributed by atoms with Crippen molar-refractivity contribution in [3.05, 3.63) is 88.5 Å². The zero-order valence-corrected chi connectivity index (χ0v) is 15.9. The second-order valence-electron chi connectivity index (χ2n) is 7.10. The summed E-state index contributed by atoms with van der Waals surface area (Å²) in [6, 6.07) is 8.76. The lowest BCUT2D eigenvalue weighted by Crippen LogP contribution is -2.23. The molecule has 0 saturated heterocycles. The van der Waals surface area contributed by atoms with E-state index >= 15 is 0 Å². The highest BCUT2D eigenvalue weighted by Crippen LogP contribution is 2.30. The number of nitrogens with one attached hydrogen (secondary N) is 1. The molecule has 0 unspecified atom stereocenters. The Morgan fingerprint density at radius 3 is 2.53 bits per heavy atom. The van der Waals surface area contributed by atoms with E-state index < -0.39 is 11.7 Å². The highest BCUT2D eigenvalue weighted by molar-refractivity contribution is 5.94. The second-order valence-corrected chi connectivity index (χ2v) is 7.10.